The van der Waals surface area contributed by atoms with Gasteiger partial charge in [-0.3, -0.25) is 4.79 Å². The number of nitrogens with zero attached hydrogens (tertiary/aromatic N) is 1. The van der Waals surface area contributed by atoms with E-state index in [4.69, 9.17) is 10.5 Å². The molecule has 1 heterocycles. The molecule has 0 spiro atoms. The molecular weight excluding hydrogens is 380 g/mol. The summed E-state index contributed by atoms with van der Waals surface area (Å²) in [6, 6.07) is 6.72. The fraction of sp³-hybridized carbons (Fsp3) is 0.600. The van der Waals surface area contributed by atoms with Crippen LogP contribution in [0.15, 0.2) is 24.3 Å². The number of ether oxygens (including phenoxy) is 1. The maximum absolute atomic E-state index is 12.4. The first kappa shape index (κ1) is 24.2. The van der Waals surface area contributed by atoms with E-state index in [1.54, 1.807) is 4.90 Å². The van der Waals surface area contributed by atoms with Gasteiger partial charge in [0.05, 0.1) is 12.1 Å². The van der Waals surface area contributed by atoms with Crippen LogP contribution in [0.4, 0.5) is 10.5 Å². The van der Waals surface area contributed by atoms with E-state index in [2.05, 4.69) is 10.6 Å². The number of amides is 3. The fourth-order valence-electron chi connectivity index (χ4n) is 3.25. The first-order chi connectivity index (χ1) is 13.0. The summed E-state index contributed by atoms with van der Waals surface area (Å²) in [4.78, 5) is 26.3. The summed E-state index contributed by atoms with van der Waals surface area (Å²) in [5, 5.41) is 5.87. The Kier molecular flexibility index (Phi) is 10.3. The zero-order valence-electron chi connectivity index (χ0n) is 16.9. The standard InChI is InChI=1S/C20H32N4O3.ClH/c1-4-24(5-2)20(26)23-17-8-6-15(7-9-17)14(3)22-19(25)18(21)16-10-12-27-13-11-16;/h6-9,14,16,18H,4-5,10-13,21H2,1-3H3,(H,22,25)(H,23,26);1H. The number of carbonyl (C=O) groups is 2. The van der Waals surface area contributed by atoms with Gasteiger partial charge in [0, 0.05) is 32.0 Å². The van der Waals surface area contributed by atoms with Crippen molar-refractivity contribution >= 4 is 30.0 Å². The number of rotatable bonds is 7. The third-order valence-electron chi connectivity index (χ3n) is 5.15. The molecule has 0 aromatic heterocycles. The molecule has 1 fully saturated rings. The Morgan fingerprint density at radius 1 is 1.18 bits per heavy atom. The van der Waals surface area contributed by atoms with E-state index in [1.807, 2.05) is 45.0 Å². The van der Waals surface area contributed by atoms with E-state index >= 15 is 0 Å². The predicted molar refractivity (Wildman–Crippen MR) is 114 cm³/mol. The van der Waals surface area contributed by atoms with Crippen molar-refractivity contribution in [3.8, 4) is 0 Å². The Morgan fingerprint density at radius 3 is 2.29 bits per heavy atom. The lowest BCUT2D eigenvalue weighted by Crippen LogP contribution is -2.47. The average molecular weight is 413 g/mol. The van der Waals surface area contributed by atoms with Gasteiger partial charge in [0.25, 0.3) is 0 Å². The molecule has 0 bridgehead atoms. The molecule has 2 unspecified atom stereocenters. The van der Waals surface area contributed by atoms with Gasteiger partial charge >= 0.3 is 6.03 Å². The molecule has 7 nitrogen and oxygen atoms in total. The lowest BCUT2D eigenvalue weighted by atomic mass is 9.91. The van der Waals surface area contributed by atoms with Crippen LogP contribution in [0.1, 0.15) is 45.2 Å². The van der Waals surface area contributed by atoms with Gasteiger partial charge in [0.2, 0.25) is 5.91 Å². The summed E-state index contributed by atoms with van der Waals surface area (Å²) in [7, 11) is 0. The minimum absolute atomic E-state index is 0. The van der Waals surface area contributed by atoms with Crippen LogP contribution in [0, 0.1) is 5.92 Å². The summed E-state index contributed by atoms with van der Waals surface area (Å²) in [6.45, 7) is 8.48. The number of halogens is 1. The van der Waals surface area contributed by atoms with Crippen molar-refractivity contribution in [2.45, 2.75) is 45.7 Å². The Morgan fingerprint density at radius 2 is 1.75 bits per heavy atom. The van der Waals surface area contributed by atoms with Crippen LogP contribution in [-0.4, -0.2) is 49.2 Å². The maximum atomic E-state index is 12.4. The summed E-state index contributed by atoms with van der Waals surface area (Å²) >= 11 is 0. The van der Waals surface area contributed by atoms with Crippen LogP contribution in [0.25, 0.3) is 0 Å². The Bertz CT molecular complexity index is 616. The molecule has 1 aromatic rings. The number of urea groups is 1. The van der Waals surface area contributed by atoms with Gasteiger partial charge < -0.3 is 26.0 Å². The molecule has 0 saturated carbocycles. The smallest absolute Gasteiger partial charge is 0.321 e. The SMILES string of the molecule is CCN(CC)C(=O)Nc1ccc(C(C)NC(=O)C(N)C2CCOCC2)cc1.Cl. The second-order valence-corrected chi connectivity index (χ2v) is 6.93. The Hall–Kier alpha value is -1.83. The highest BCUT2D eigenvalue weighted by Gasteiger charge is 2.27. The molecule has 158 valence electrons. The van der Waals surface area contributed by atoms with E-state index in [0.29, 0.717) is 26.3 Å². The minimum atomic E-state index is -0.510. The number of hydrogen-bond acceptors (Lipinski definition) is 4. The monoisotopic (exact) mass is 412 g/mol. The highest BCUT2D eigenvalue weighted by molar-refractivity contribution is 5.89. The molecule has 2 atom stereocenters. The van der Waals surface area contributed by atoms with Crippen LogP contribution in [0.3, 0.4) is 0 Å². The molecule has 1 aliphatic heterocycles. The largest absolute Gasteiger partial charge is 0.381 e. The molecule has 1 saturated heterocycles. The highest BCUT2D eigenvalue weighted by Crippen LogP contribution is 2.20. The van der Waals surface area contributed by atoms with Gasteiger partial charge in [0.15, 0.2) is 0 Å². The van der Waals surface area contributed by atoms with E-state index in [9.17, 15) is 9.59 Å². The number of carbonyl (C=O) groups excluding carboxylic acids is 2. The van der Waals surface area contributed by atoms with Gasteiger partial charge in [-0.05, 0) is 57.2 Å². The topological polar surface area (TPSA) is 96.7 Å². The summed E-state index contributed by atoms with van der Waals surface area (Å²) in [6.07, 6.45) is 1.65. The molecule has 1 aliphatic rings. The third kappa shape index (κ3) is 6.65. The lowest BCUT2D eigenvalue weighted by molar-refractivity contribution is -0.125. The van der Waals surface area contributed by atoms with E-state index < -0.39 is 6.04 Å². The van der Waals surface area contributed by atoms with Gasteiger partial charge in [-0.25, -0.2) is 4.79 Å². The van der Waals surface area contributed by atoms with Gasteiger partial charge in [-0.2, -0.15) is 0 Å². The van der Waals surface area contributed by atoms with Gasteiger partial charge in [-0.15, -0.1) is 12.4 Å². The number of nitrogens with two attached hydrogens (primary N) is 1. The highest BCUT2D eigenvalue weighted by atomic mass is 35.5. The van der Waals surface area contributed by atoms with Crippen molar-refractivity contribution in [1.29, 1.82) is 0 Å². The fourth-order valence-corrected chi connectivity index (χ4v) is 3.25. The van der Waals surface area contributed by atoms with Crippen molar-refractivity contribution in [3.05, 3.63) is 29.8 Å². The van der Waals surface area contributed by atoms with Crippen molar-refractivity contribution in [2.75, 3.05) is 31.6 Å². The predicted octanol–water partition coefficient (Wildman–Crippen LogP) is 2.91. The number of benzene rings is 1. The average Bonchev–Trinajstić information content (AvgIpc) is 2.69. The van der Waals surface area contributed by atoms with Crippen molar-refractivity contribution in [1.82, 2.24) is 10.2 Å². The van der Waals surface area contributed by atoms with Crippen molar-refractivity contribution in [2.24, 2.45) is 11.7 Å². The van der Waals surface area contributed by atoms with Crippen molar-refractivity contribution in [3.63, 3.8) is 0 Å². The van der Waals surface area contributed by atoms with Gasteiger partial charge in [-0.1, -0.05) is 12.1 Å². The molecule has 1 aromatic carbocycles. The van der Waals surface area contributed by atoms with E-state index in [1.165, 1.54) is 0 Å². The number of hydrogen-bond donors (Lipinski definition) is 3. The Balaban J connectivity index is 0.00000392. The van der Waals surface area contributed by atoms with E-state index in [-0.39, 0.29) is 36.3 Å². The zero-order chi connectivity index (χ0) is 19.8. The van der Waals surface area contributed by atoms with E-state index in [0.717, 1.165) is 24.1 Å². The molecular formula is C20H33ClN4O3. The minimum Gasteiger partial charge on any atom is -0.381 e. The molecule has 2 rings (SSSR count). The second-order valence-electron chi connectivity index (χ2n) is 6.93. The van der Waals surface area contributed by atoms with Crippen LogP contribution in [0.5, 0.6) is 0 Å². The second kappa shape index (κ2) is 11.9. The first-order valence-corrected chi connectivity index (χ1v) is 9.75. The maximum Gasteiger partial charge on any atom is 0.321 e. The molecule has 8 heteroatoms. The van der Waals surface area contributed by atoms with Crippen LogP contribution >= 0.6 is 12.4 Å². The van der Waals surface area contributed by atoms with Gasteiger partial charge in [0.1, 0.15) is 0 Å². The molecule has 0 aliphatic carbocycles. The number of nitrogens with one attached hydrogen (secondary N) is 2. The number of anilines is 1. The summed E-state index contributed by atoms with van der Waals surface area (Å²) in [5.41, 5.74) is 7.82. The third-order valence-corrected chi connectivity index (χ3v) is 5.15. The zero-order valence-corrected chi connectivity index (χ0v) is 17.8. The summed E-state index contributed by atoms with van der Waals surface area (Å²) < 4.78 is 5.33. The normalized spacial score (nSPS) is 16.4. The molecule has 28 heavy (non-hydrogen) atoms. The molecule has 3 amide bonds. The first-order valence-electron chi connectivity index (χ1n) is 9.75. The quantitative estimate of drug-likeness (QED) is 0.641. The molecule has 0 radical (unpaired) electrons. The lowest BCUT2D eigenvalue weighted by Gasteiger charge is -2.28. The van der Waals surface area contributed by atoms with Crippen LogP contribution in [-0.2, 0) is 9.53 Å². The van der Waals surface area contributed by atoms with Crippen LogP contribution < -0.4 is 16.4 Å². The van der Waals surface area contributed by atoms with Crippen molar-refractivity contribution < 1.29 is 14.3 Å². The Labute approximate surface area is 173 Å². The van der Waals surface area contributed by atoms with Crippen LogP contribution in [0.2, 0.25) is 0 Å². The summed E-state index contributed by atoms with van der Waals surface area (Å²) in [5.74, 6) is 0.0388. The molecule has 4 N–H and O–H groups in total.